The smallest absolute Gasteiger partial charge is 0.124 e. The van der Waals surface area contributed by atoms with E-state index in [4.69, 9.17) is 4.74 Å². The molecule has 3 heteroatoms. The summed E-state index contributed by atoms with van der Waals surface area (Å²) in [6, 6.07) is 6.43. The van der Waals surface area contributed by atoms with Gasteiger partial charge < -0.3 is 10.1 Å². The fraction of sp³-hybridized carbons (Fsp3) is 0.400. The number of nitrogens with one attached hydrogen (secondary N) is 1. The molecule has 0 aliphatic carbocycles. The molecule has 0 aromatic heterocycles. The molecule has 0 saturated heterocycles. The SMILES string of the molecule is CNC1c2cc(Br)ccc2OC1C. The Morgan fingerprint density at radius 3 is 2.92 bits per heavy atom. The van der Waals surface area contributed by atoms with Gasteiger partial charge in [-0.2, -0.15) is 0 Å². The van der Waals surface area contributed by atoms with E-state index in [0.717, 1.165) is 10.2 Å². The molecule has 2 atom stereocenters. The van der Waals surface area contributed by atoms with Gasteiger partial charge >= 0.3 is 0 Å². The van der Waals surface area contributed by atoms with E-state index in [9.17, 15) is 0 Å². The first-order valence-corrected chi connectivity index (χ1v) is 5.15. The molecule has 2 nitrogen and oxygen atoms in total. The minimum Gasteiger partial charge on any atom is -0.488 e. The lowest BCUT2D eigenvalue weighted by Crippen LogP contribution is -2.25. The van der Waals surface area contributed by atoms with E-state index < -0.39 is 0 Å². The van der Waals surface area contributed by atoms with E-state index in [1.165, 1.54) is 5.56 Å². The minimum absolute atomic E-state index is 0.217. The van der Waals surface area contributed by atoms with Gasteiger partial charge in [-0.25, -0.2) is 0 Å². The summed E-state index contributed by atoms with van der Waals surface area (Å²) in [5.41, 5.74) is 1.24. The molecule has 0 radical (unpaired) electrons. The van der Waals surface area contributed by atoms with E-state index in [2.05, 4.69) is 34.2 Å². The minimum atomic E-state index is 0.217. The van der Waals surface area contributed by atoms with Crippen molar-refractivity contribution in [1.29, 1.82) is 0 Å². The van der Waals surface area contributed by atoms with Crippen LogP contribution in [-0.2, 0) is 0 Å². The van der Waals surface area contributed by atoms with Crippen LogP contribution in [0.15, 0.2) is 22.7 Å². The summed E-state index contributed by atoms with van der Waals surface area (Å²) >= 11 is 3.46. The number of fused-ring (bicyclic) bond motifs is 1. The van der Waals surface area contributed by atoms with E-state index in [-0.39, 0.29) is 6.10 Å². The number of likely N-dealkylation sites (N-methyl/N-ethyl adjacent to an activating group) is 1. The predicted octanol–water partition coefficient (Wildman–Crippen LogP) is 2.49. The summed E-state index contributed by atoms with van der Waals surface area (Å²) in [5.74, 6) is 0.995. The molecule has 2 unspecified atom stereocenters. The molecule has 13 heavy (non-hydrogen) atoms. The summed E-state index contributed by atoms with van der Waals surface area (Å²) < 4.78 is 6.78. The van der Waals surface area contributed by atoms with Gasteiger partial charge in [-0.05, 0) is 32.2 Å². The Bertz CT molecular complexity index is 327. The highest BCUT2D eigenvalue weighted by Gasteiger charge is 2.29. The summed E-state index contributed by atoms with van der Waals surface area (Å²) in [5, 5.41) is 3.25. The first-order valence-electron chi connectivity index (χ1n) is 4.35. The maximum absolute atomic E-state index is 5.68. The van der Waals surface area contributed by atoms with Crippen molar-refractivity contribution in [3.63, 3.8) is 0 Å². The van der Waals surface area contributed by atoms with Crippen molar-refractivity contribution in [2.24, 2.45) is 0 Å². The average molecular weight is 242 g/mol. The molecule has 1 aromatic rings. The number of ether oxygens (including phenoxy) is 1. The highest BCUT2D eigenvalue weighted by atomic mass is 79.9. The van der Waals surface area contributed by atoms with Crippen LogP contribution in [0.2, 0.25) is 0 Å². The number of hydrogen-bond donors (Lipinski definition) is 1. The van der Waals surface area contributed by atoms with Gasteiger partial charge in [-0.1, -0.05) is 15.9 Å². The van der Waals surface area contributed by atoms with Gasteiger partial charge in [0, 0.05) is 10.0 Å². The predicted molar refractivity (Wildman–Crippen MR) is 56.0 cm³/mol. The van der Waals surface area contributed by atoms with Gasteiger partial charge in [0.2, 0.25) is 0 Å². The molecular weight excluding hydrogens is 230 g/mol. The largest absolute Gasteiger partial charge is 0.488 e. The van der Waals surface area contributed by atoms with E-state index in [0.29, 0.717) is 6.04 Å². The molecule has 0 spiro atoms. The Kier molecular flexibility index (Phi) is 2.30. The van der Waals surface area contributed by atoms with Crippen LogP contribution in [0.1, 0.15) is 18.5 Å². The Morgan fingerprint density at radius 2 is 2.23 bits per heavy atom. The summed E-state index contributed by atoms with van der Waals surface area (Å²) in [6.07, 6.45) is 0.217. The molecule has 1 N–H and O–H groups in total. The van der Waals surface area contributed by atoms with E-state index >= 15 is 0 Å². The fourth-order valence-corrected chi connectivity index (χ4v) is 2.16. The third-order valence-electron chi connectivity index (χ3n) is 2.40. The van der Waals surface area contributed by atoms with Gasteiger partial charge in [0.05, 0.1) is 6.04 Å². The van der Waals surface area contributed by atoms with Crippen LogP contribution in [0.4, 0.5) is 0 Å². The Labute approximate surface area is 86.4 Å². The standard InChI is InChI=1S/C10H12BrNO/c1-6-10(12-2)8-5-7(11)3-4-9(8)13-6/h3-6,10,12H,1-2H3. The van der Waals surface area contributed by atoms with Crippen LogP contribution in [0.3, 0.4) is 0 Å². The van der Waals surface area contributed by atoms with Crippen molar-refractivity contribution in [1.82, 2.24) is 5.32 Å². The molecule has 1 aromatic carbocycles. The lowest BCUT2D eigenvalue weighted by Gasteiger charge is -2.12. The van der Waals surface area contributed by atoms with Crippen LogP contribution in [-0.4, -0.2) is 13.2 Å². The van der Waals surface area contributed by atoms with Crippen LogP contribution >= 0.6 is 15.9 Å². The number of rotatable bonds is 1. The van der Waals surface area contributed by atoms with Crippen molar-refractivity contribution in [2.75, 3.05) is 7.05 Å². The molecule has 1 heterocycles. The molecule has 0 saturated carbocycles. The third kappa shape index (κ3) is 1.46. The lowest BCUT2D eigenvalue weighted by atomic mass is 10.1. The Hall–Kier alpha value is -0.540. The van der Waals surface area contributed by atoms with E-state index in [1.54, 1.807) is 0 Å². The maximum Gasteiger partial charge on any atom is 0.124 e. The summed E-state index contributed by atoms with van der Waals surface area (Å²) in [7, 11) is 1.96. The first kappa shape index (κ1) is 9.03. The molecule has 0 bridgehead atoms. The van der Waals surface area contributed by atoms with Crippen LogP contribution in [0.25, 0.3) is 0 Å². The van der Waals surface area contributed by atoms with Crippen LogP contribution < -0.4 is 10.1 Å². The first-order chi connectivity index (χ1) is 6.22. The highest BCUT2D eigenvalue weighted by molar-refractivity contribution is 9.10. The maximum atomic E-state index is 5.68. The van der Waals surface area contributed by atoms with E-state index in [1.807, 2.05) is 19.2 Å². The van der Waals surface area contributed by atoms with Crippen molar-refractivity contribution in [3.05, 3.63) is 28.2 Å². The highest BCUT2D eigenvalue weighted by Crippen LogP contribution is 2.37. The van der Waals surface area contributed by atoms with Crippen molar-refractivity contribution in [2.45, 2.75) is 19.1 Å². The quantitative estimate of drug-likeness (QED) is 0.816. The normalized spacial score (nSPS) is 25.5. The third-order valence-corrected chi connectivity index (χ3v) is 2.89. The Morgan fingerprint density at radius 1 is 1.46 bits per heavy atom. The second-order valence-electron chi connectivity index (χ2n) is 3.27. The Balaban J connectivity index is 2.44. The molecule has 0 fully saturated rings. The van der Waals surface area contributed by atoms with Crippen LogP contribution in [0, 0.1) is 0 Å². The zero-order valence-electron chi connectivity index (χ0n) is 7.67. The zero-order chi connectivity index (χ0) is 9.42. The van der Waals surface area contributed by atoms with Crippen LogP contribution in [0.5, 0.6) is 5.75 Å². The van der Waals surface area contributed by atoms with Gasteiger partial charge in [-0.15, -0.1) is 0 Å². The molecular formula is C10H12BrNO. The molecule has 1 aliphatic rings. The molecule has 1 aliphatic heterocycles. The zero-order valence-corrected chi connectivity index (χ0v) is 9.26. The van der Waals surface area contributed by atoms with Crippen molar-refractivity contribution < 1.29 is 4.74 Å². The lowest BCUT2D eigenvalue weighted by molar-refractivity contribution is 0.214. The van der Waals surface area contributed by atoms with Gasteiger partial charge in [0.25, 0.3) is 0 Å². The molecule has 2 rings (SSSR count). The second-order valence-corrected chi connectivity index (χ2v) is 4.19. The second kappa shape index (κ2) is 3.31. The van der Waals surface area contributed by atoms with Gasteiger partial charge in [0.1, 0.15) is 11.9 Å². The van der Waals surface area contributed by atoms with Gasteiger partial charge in [0.15, 0.2) is 0 Å². The summed E-state index contributed by atoms with van der Waals surface area (Å²) in [4.78, 5) is 0. The molecule has 0 amide bonds. The monoisotopic (exact) mass is 241 g/mol. The summed E-state index contributed by atoms with van der Waals surface area (Å²) in [6.45, 7) is 2.08. The topological polar surface area (TPSA) is 21.3 Å². The molecule has 70 valence electrons. The van der Waals surface area contributed by atoms with Crippen molar-refractivity contribution in [3.8, 4) is 5.75 Å². The average Bonchev–Trinajstić information content (AvgIpc) is 2.40. The number of hydrogen-bond acceptors (Lipinski definition) is 2. The number of benzene rings is 1. The number of halogens is 1. The van der Waals surface area contributed by atoms with Crippen molar-refractivity contribution >= 4 is 15.9 Å². The fourth-order valence-electron chi connectivity index (χ4n) is 1.78. The van der Waals surface area contributed by atoms with Gasteiger partial charge in [-0.3, -0.25) is 0 Å².